The number of hydrogen-bond acceptors (Lipinski definition) is 2. The van der Waals surface area contributed by atoms with Gasteiger partial charge in [-0.2, -0.15) is 5.10 Å². The normalized spacial score (nSPS) is 11.6. The Kier molecular flexibility index (Phi) is 3.34. The van der Waals surface area contributed by atoms with Gasteiger partial charge in [-0.05, 0) is 41.9 Å². The van der Waals surface area contributed by atoms with Crippen molar-refractivity contribution in [2.24, 2.45) is 0 Å². The Hall–Kier alpha value is -1.49. The number of benzene rings is 1. The summed E-state index contributed by atoms with van der Waals surface area (Å²) >= 11 is 3.34. The summed E-state index contributed by atoms with van der Waals surface area (Å²) in [6, 6.07) is 6.40. The fourth-order valence-electron chi connectivity index (χ4n) is 1.54. The van der Waals surface area contributed by atoms with Crippen molar-refractivity contribution in [1.82, 2.24) is 9.78 Å². The van der Waals surface area contributed by atoms with Gasteiger partial charge in [0.1, 0.15) is 23.3 Å². The summed E-state index contributed by atoms with van der Waals surface area (Å²) in [5, 5.41) is 4.28. The van der Waals surface area contributed by atoms with Crippen LogP contribution in [0.2, 0.25) is 0 Å². The number of aldehydes is 1. The lowest BCUT2D eigenvalue weighted by Gasteiger charge is -2.17. The van der Waals surface area contributed by atoms with Gasteiger partial charge in [-0.25, -0.2) is 4.39 Å². The molecular formula is C13H12BrFN2O. The molecule has 0 amide bonds. The number of hydrogen-bond donors (Lipinski definition) is 0. The highest BCUT2D eigenvalue weighted by Crippen LogP contribution is 2.30. The summed E-state index contributed by atoms with van der Waals surface area (Å²) in [4.78, 5) is 11.0. The van der Waals surface area contributed by atoms with E-state index in [0.717, 1.165) is 6.29 Å². The van der Waals surface area contributed by atoms with Crippen LogP contribution >= 0.6 is 15.9 Å². The zero-order valence-electron chi connectivity index (χ0n) is 10.0. The molecule has 2 aromatic rings. The van der Waals surface area contributed by atoms with Gasteiger partial charge in [-0.1, -0.05) is 12.1 Å². The van der Waals surface area contributed by atoms with Crippen molar-refractivity contribution in [3.8, 4) is 11.3 Å². The number of rotatable bonds is 3. The van der Waals surface area contributed by atoms with Gasteiger partial charge in [0.2, 0.25) is 0 Å². The van der Waals surface area contributed by atoms with Crippen LogP contribution in [-0.4, -0.2) is 16.1 Å². The van der Waals surface area contributed by atoms with Crippen LogP contribution in [-0.2, 0) is 10.3 Å². The molecule has 0 aliphatic heterocycles. The van der Waals surface area contributed by atoms with Crippen LogP contribution in [0.1, 0.15) is 13.8 Å². The number of carbonyl (C=O) groups excluding carboxylic acids is 1. The van der Waals surface area contributed by atoms with Gasteiger partial charge in [-0.3, -0.25) is 4.68 Å². The minimum atomic E-state index is -0.758. The second-order valence-electron chi connectivity index (χ2n) is 4.52. The van der Waals surface area contributed by atoms with E-state index in [4.69, 9.17) is 0 Å². The molecule has 0 fully saturated rings. The first-order valence-electron chi connectivity index (χ1n) is 5.42. The molecule has 1 heterocycles. The lowest BCUT2D eigenvalue weighted by Crippen LogP contribution is -2.28. The van der Waals surface area contributed by atoms with Crippen molar-refractivity contribution in [2.45, 2.75) is 19.4 Å². The third-order valence-corrected chi connectivity index (χ3v) is 3.26. The minimum absolute atomic E-state index is 0.340. The van der Waals surface area contributed by atoms with Gasteiger partial charge in [0.25, 0.3) is 0 Å². The highest BCUT2D eigenvalue weighted by molar-refractivity contribution is 9.10. The molecule has 2 rings (SSSR count). The molecule has 1 aromatic heterocycles. The van der Waals surface area contributed by atoms with Gasteiger partial charge in [0.05, 0.1) is 4.47 Å². The Balaban J connectivity index is 2.55. The summed E-state index contributed by atoms with van der Waals surface area (Å²) in [6.45, 7) is 3.48. The predicted molar refractivity (Wildman–Crippen MR) is 70.7 cm³/mol. The first-order valence-corrected chi connectivity index (χ1v) is 6.22. The topological polar surface area (TPSA) is 34.9 Å². The van der Waals surface area contributed by atoms with Gasteiger partial charge in [0.15, 0.2) is 0 Å². The molecule has 0 bridgehead atoms. The number of halogens is 2. The van der Waals surface area contributed by atoms with Gasteiger partial charge < -0.3 is 4.79 Å². The molecule has 0 aliphatic rings. The Morgan fingerprint density at radius 1 is 1.39 bits per heavy atom. The average molecular weight is 311 g/mol. The van der Waals surface area contributed by atoms with E-state index in [0.29, 0.717) is 15.7 Å². The molecule has 5 heteroatoms. The van der Waals surface area contributed by atoms with Crippen LogP contribution < -0.4 is 0 Å². The lowest BCUT2D eigenvalue weighted by atomic mass is 10.1. The molecule has 3 nitrogen and oxygen atoms in total. The molecule has 1 aromatic carbocycles. The van der Waals surface area contributed by atoms with E-state index in [1.165, 1.54) is 10.7 Å². The summed E-state index contributed by atoms with van der Waals surface area (Å²) in [7, 11) is 0. The maximum Gasteiger partial charge on any atom is 0.147 e. The molecule has 0 radical (unpaired) electrons. The zero-order valence-corrected chi connectivity index (χ0v) is 11.6. The molecule has 0 atom stereocenters. The van der Waals surface area contributed by atoms with E-state index in [1.807, 2.05) is 0 Å². The largest absolute Gasteiger partial charge is 0.301 e. The van der Waals surface area contributed by atoms with Crippen molar-refractivity contribution in [3.05, 3.63) is 40.8 Å². The molecular weight excluding hydrogens is 299 g/mol. The minimum Gasteiger partial charge on any atom is -0.301 e. The van der Waals surface area contributed by atoms with Crippen molar-refractivity contribution >= 4 is 22.2 Å². The van der Waals surface area contributed by atoms with E-state index in [1.54, 1.807) is 38.2 Å². The molecule has 0 saturated heterocycles. The van der Waals surface area contributed by atoms with E-state index in [2.05, 4.69) is 21.0 Å². The fourth-order valence-corrected chi connectivity index (χ4v) is 2.02. The van der Waals surface area contributed by atoms with Crippen LogP contribution in [0, 0.1) is 5.82 Å². The van der Waals surface area contributed by atoms with Crippen molar-refractivity contribution in [2.75, 3.05) is 0 Å². The number of aromatic nitrogens is 2. The van der Waals surface area contributed by atoms with Gasteiger partial charge >= 0.3 is 0 Å². The van der Waals surface area contributed by atoms with Crippen LogP contribution in [0.5, 0.6) is 0 Å². The smallest absolute Gasteiger partial charge is 0.147 e. The lowest BCUT2D eigenvalue weighted by molar-refractivity contribution is -0.114. The average Bonchev–Trinajstić information content (AvgIpc) is 2.73. The Labute approximate surface area is 113 Å². The standard InChI is InChI=1S/C13H12BrFN2O/c1-13(2,8-18)17-7-10(14)12(16-17)9-5-3-4-6-11(9)15/h3-8H,1-2H3. The van der Waals surface area contributed by atoms with Crippen molar-refractivity contribution in [1.29, 1.82) is 0 Å². The third kappa shape index (κ3) is 2.22. The second-order valence-corrected chi connectivity index (χ2v) is 5.38. The molecule has 94 valence electrons. The van der Waals surface area contributed by atoms with Crippen LogP contribution in [0.15, 0.2) is 34.9 Å². The number of nitrogens with zero attached hydrogens (tertiary/aromatic N) is 2. The Bertz CT molecular complexity index is 592. The molecule has 18 heavy (non-hydrogen) atoms. The zero-order chi connectivity index (χ0) is 13.3. The highest BCUT2D eigenvalue weighted by Gasteiger charge is 2.23. The van der Waals surface area contributed by atoms with E-state index in [-0.39, 0.29) is 5.82 Å². The summed E-state index contributed by atoms with van der Waals surface area (Å²) < 4.78 is 15.9. The first-order chi connectivity index (χ1) is 8.45. The maximum absolute atomic E-state index is 13.7. The quantitative estimate of drug-likeness (QED) is 0.815. The first kappa shape index (κ1) is 13.0. The molecule has 0 saturated carbocycles. The van der Waals surface area contributed by atoms with Crippen molar-refractivity contribution in [3.63, 3.8) is 0 Å². The van der Waals surface area contributed by atoms with E-state index in [9.17, 15) is 9.18 Å². The van der Waals surface area contributed by atoms with Crippen LogP contribution in [0.4, 0.5) is 4.39 Å². The number of carbonyl (C=O) groups is 1. The molecule has 0 aliphatic carbocycles. The van der Waals surface area contributed by atoms with E-state index >= 15 is 0 Å². The predicted octanol–water partition coefficient (Wildman–Crippen LogP) is 3.39. The Morgan fingerprint density at radius 3 is 2.67 bits per heavy atom. The van der Waals surface area contributed by atoms with Crippen molar-refractivity contribution < 1.29 is 9.18 Å². The monoisotopic (exact) mass is 310 g/mol. The SMILES string of the molecule is CC(C)(C=O)n1cc(Br)c(-c2ccccc2F)n1. The van der Waals surface area contributed by atoms with Crippen LogP contribution in [0.3, 0.4) is 0 Å². The summed E-state index contributed by atoms with van der Waals surface area (Å²) in [5.74, 6) is -0.340. The third-order valence-electron chi connectivity index (χ3n) is 2.68. The van der Waals surface area contributed by atoms with Gasteiger partial charge in [0, 0.05) is 11.8 Å². The fraction of sp³-hybridized carbons (Fsp3) is 0.231. The van der Waals surface area contributed by atoms with E-state index < -0.39 is 5.54 Å². The maximum atomic E-state index is 13.7. The van der Waals surface area contributed by atoms with Crippen LogP contribution in [0.25, 0.3) is 11.3 Å². The summed E-state index contributed by atoms with van der Waals surface area (Å²) in [5.41, 5.74) is 0.138. The second kappa shape index (κ2) is 4.65. The molecule has 0 spiro atoms. The Morgan fingerprint density at radius 2 is 2.06 bits per heavy atom. The van der Waals surface area contributed by atoms with Gasteiger partial charge in [-0.15, -0.1) is 0 Å². The summed E-state index contributed by atoms with van der Waals surface area (Å²) in [6.07, 6.45) is 2.48. The molecule has 0 unspecified atom stereocenters. The molecule has 0 N–H and O–H groups in total. The highest BCUT2D eigenvalue weighted by atomic mass is 79.9.